The Kier molecular flexibility index (Phi) is 5.66. The minimum atomic E-state index is -0.413. The van der Waals surface area contributed by atoms with Gasteiger partial charge in [-0.05, 0) is 62.3 Å². The van der Waals surface area contributed by atoms with Gasteiger partial charge in [0.15, 0.2) is 5.16 Å². The molecule has 30 heavy (non-hydrogen) atoms. The quantitative estimate of drug-likeness (QED) is 0.389. The minimum Gasteiger partial charge on any atom is -0.298 e. The van der Waals surface area contributed by atoms with Gasteiger partial charge in [-0.1, -0.05) is 44.7 Å². The van der Waals surface area contributed by atoms with Gasteiger partial charge >= 0.3 is 0 Å². The predicted molar refractivity (Wildman–Crippen MR) is 127 cm³/mol. The Bertz CT molecular complexity index is 1200. The second-order valence-corrected chi connectivity index (χ2v) is 11.2. The first-order chi connectivity index (χ1) is 14.2. The summed E-state index contributed by atoms with van der Waals surface area (Å²) in [6, 6.07) is 6.13. The first-order valence-corrected chi connectivity index (χ1v) is 12.3. The third-order valence-corrected chi connectivity index (χ3v) is 7.86. The molecule has 0 fully saturated rings. The third kappa shape index (κ3) is 3.87. The van der Waals surface area contributed by atoms with E-state index in [1.54, 1.807) is 15.9 Å². The topological polar surface area (TPSA) is 52.0 Å². The lowest BCUT2D eigenvalue weighted by Crippen LogP contribution is -2.25. The molecular weight excluding hydrogens is 412 g/mol. The van der Waals surface area contributed by atoms with Crippen molar-refractivity contribution >= 4 is 39.1 Å². The van der Waals surface area contributed by atoms with Crippen LogP contribution in [0, 0.1) is 19.3 Å². The van der Waals surface area contributed by atoms with E-state index in [-0.39, 0.29) is 11.3 Å². The highest BCUT2D eigenvalue weighted by Gasteiger charge is 2.25. The van der Waals surface area contributed by atoms with Crippen molar-refractivity contribution < 1.29 is 4.79 Å². The van der Waals surface area contributed by atoms with E-state index in [1.165, 1.54) is 28.6 Å². The Balaban J connectivity index is 1.93. The number of aromatic nitrogens is 2. The van der Waals surface area contributed by atoms with Gasteiger partial charge in [-0.2, -0.15) is 0 Å². The summed E-state index contributed by atoms with van der Waals surface area (Å²) in [5.41, 5.74) is 3.76. The van der Waals surface area contributed by atoms with Gasteiger partial charge in [0, 0.05) is 10.3 Å². The van der Waals surface area contributed by atoms with E-state index < -0.39 is 5.41 Å². The van der Waals surface area contributed by atoms with Crippen molar-refractivity contribution in [1.29, 1.82) is 0 Å². The molecule has 158 valence electrons. The maximum atomic E-state index is 13.8. The van der Waals surface area contributed by atoms with Crippen LogP contribution in [0.3, 0.4) is 0 Å². The van der Waals surface area contributed by atoms with Crippen molar-refractivity contribution in [3.05, 3.63) is 50.1 Å². The van der Waals surface area contributed by atoms with Crippen molar-refractivity contribution in [1.82, 2.24) is 9.55 Å². The summed E-state index contributed by atoms with van der Waals surface area (Å²) < 4.78 is 1.74. The van der Waals surface area contributed by atoms with Crippen molar-refractivity contribution in [2.45, 2.75) is 65.5 Å². The molecule has 0 aliphatic heterocycles. The zero-order chi connectivity index (χ0) is 21.6. The van der Waals surface area contributed by atoms with E-state index >= 15 is 0 Å². The normalized spacial score (nSPS) is 14.2. The van der Waals surface area contributed by atoms with Crippen LogP contribution in [0.2, 0.25) is 0 Å². The number of hydrogen-bond acceptors (Lipinski definition) is 5. The molecule has 1 aromatic carbocycles. The van der Waals surface area contributed by atoms with E-state index in [1.807, 2.05) is 46.8 Å². The molecule has 0 saturated carbocycles. The number of carbonyl (C=O) groups excluding carboxylic acids is 1. The molecule has 6 heteroatoms. The summed E-state index contributed by atoms with van der Waals surface area (Å²) in [5, 5.41) is 1.39. The molecule has 1 aliphatic carbocycles. The van der Waals surface area contributed by atoms with E-state index in [4.69, 9.17) is 4.98 Å². The van der Waals surface area contributed by atoms with Crippen molar-refractivity contribution in [2.75, 3.05) is 5.75 Å². The highest BCUT2D eigenvalue weighted by atomic mass is 32.2. The number of nitrogens with zero attached hydrogens (tertiary/aromatic N) is 2. The molecule has 0 unspecified atom stereocenters. The Morgan fingerprint density at radius 3 is 2.67 bits per heavy atom. The molecule has 0 saturated heterocycles. The molecule has 0 bridgehead atoms. The molecule has 2 heterocycles. The number of thioether (sulfide) groups is 1. The smallest absolute Gasteiger partial charge is 0.267 e. The molecule has 0 amide bonds. The third-order valence-electron chi connectivity index (χ3n) is 5.73. The molecule has 0 spiro atoms. The molecule has 1 aliphatic rings. The van der Waals surface area contributed by atoms with Crippen LogP contribution in [0.5, 0.6) is 0 Å². The van der Waals surface area contributed by atoms with Gasteiger partial charge in [0.05, 0.1) is 16.8 Å². The van der Waals surface area contributed by atoms with Gasteiger partial charge in [0.1, 0.15) is 10.6 Å². The Labute approximate surface area is 185 Å². The predicted octanol–water partition coefficient (Wildman–Crippen LogP) is 5.65. The largest absolute Gasteiger partial charge is 0.298 e. The summed E-state index contributed by atoms with van der Waals surface area (Å²) >= 11 is 3.03. The second kappa shape index (κ2) is 7.97. The first-order valence-electron chi connectivity index (χ1n) is 10.5. The fourth-order valence-corrected chi connectivity index (χ4v) is 6.27. The maximum Gasteiger partial charge on any atom is 0.267 e. The highest BCUT2D eigenvalue weighted by molar-refractivity contribution is 7.99. The monoisotopic (exact) mass is 440 g/mol. The van der Waals surface area contributed by atoms with Gasteiger partial charge in [-0.25, -0.2) is 4.98 Å². The summed E-state index contributed by atoms with van der Waals surface area (Å²) in [5.74, 6) is 0.456. The summed E-state index contributed by atoms with van der Waals surface area (Å²) in [4.78, 5) is 33.5. The molecule has 0 radical (unpaired) electrons. The molecule has 0 atom stereocenters. The number of ketones is 1. The molecule has 2 aromatic heterocycles. The average molecular weight is 441 g/mol. The van der Waals surface area contributed by atoms with Gasteiger partial charge in [0.25, 0.3) is 5.56 Å². The summed E-state index contributed by atoms with van der Waals surface area (Å²) in [7, 11) is 0. The van der Waals surface area contributed by atoms with Gasteiger partial charge in [0.2, 0.25) is 0 Å². The van der Waals surface area contributed by atoms with Crippen molar-refractivity contribution in [2.24, 2.45) is 5.41 Å². The van der Waals surface area contributed by atoms with Crippen LogP contribution < -0.4 is 5.56 Å². The van der Waals surface area contributed by atoms with Crippen molar-refractivity contribution in [3.8, 4) is 5.69 Å². The number of carbonyl (C=O) groups is 1. The lowest BCUT2D eigenvalue weighted by atomic mass is 9.92. The molecule has 3 aromatic rings. The number of rotatable bonds is 4. The summed E-state index contributed by atoms with van der Waals surface area (Å²) in [6.07, 6.45) is 4.28. The van der Waals surface area contributed by atoms with E-state index in [9.17, 15) is 9.59 Å². The molecule has 4 rings (SSSR count). The lowest BCUT2D eigenvalue weighted by molar-refractivity contribution is -0.123. The van der Waals surface area contributed by atoms with Crippen LogP contribution in [0.4, 0.5) is 0 Å². The summed E-state index contributed by atoms with van der Waals surface area (Å²) in [6.45, 7) is 9.83. The zero-order valence-electron chi connectivity index (χ0n) is 18.3. The van der Waals surface area contributed by atoms with Gasteiger partial charge in [-0.15, -0.1) is 11.3 Å². The SMILES string of the molecule is Cc1ccc(C)c(-n2c(SCC(=O)C(C)(C)C)nc3sc4c(c3c2=O)CCCC4)c1. The van der Waals surface area contributed by atoms with Crippen LogP contribution in [-0.2, 0) is 17.6 Å². The fourth-order valence-electron chi connectivity index (χ4n) is 3.80. The van der Waals surface area contributed by atoms with Crippen molar-refractivity contribution in [3.63, 3.8) is 0 Å². The fraction of sp³-hybridized carbons (Fsp3) is 0.458. The maximum absolute atomic E-state index is 13.8. The van der Waals surface area contributed by atoms with Crippen LogP contribution in [-0.4, -0.2) is 21.1 Å². The Hall–Kier alpha value is -1.92. The molecule has 0 N–H and O–H groups in total. The number of fused-ring (bicyclic) bond motifs is 3. The van der Waals surface area contributed by atoms with Crippen LogP contribution in [0.15, 0.2) is 28.2 Å². The van der Waals surface area contributed by atoms with Crippen LogP contribution in [0.1, 0.15) is 55.2 Å². The zero-order valence-corrected chi connectivity index (χ0v) is 19.9. The van der Waals surface area contributed by atoms with E-state index in [0.717, 1.165) is 46.3 Å². The average Bonchev–Trinajstić information content (AvgIpc) is 3.06. The standard InChI is InChI=1S/C24H28N2O2S2/c1-14-10-11-15(2)17(12-14)26-22(28)20-16-8-6-7-9-18(16)30-21(20)25-23(26)29-13-19(27)24(3,4)5/h10-12H,6-9,13H2,1-5H3. The highest BCUT2D eigenvalue weighted by Crippen LogP contribution is 2.35. The van der Waals surface area contributed by atoms with Crippen LogP contribution >= 0.6 is 23.1 Å². The Morgan fingerprint density at radius 1 is 1.20 bits per heavy atom. The van der Waals surface area contributed by atoms with E-state index in [2.05, 4.69) is 6.07 Å². The number of benzene rings is 1. The number of aryl methyl sites for hydroxylation is 4. The molecule has 4 nitrogen and oxygen atoms in total. The number of hydrogen-bond donors (Lipinski definition) is 0. The second-order valence-electron chi connectivity index (χ2n) is 9.18. The van der Waals surface area contributed by atoms with E-state index in [0.29, 0.717) is 10.9 Å². The first kappa shape index (κ1) is 21.3. The lowest BCUT2D eigenvalue weighted by Gasteiger charge is -2.18. The number of thiophene rings is 1. The molecular formula is C24H28N2O2S2. The van der Waals surface area contributed by atoms with Crippen LogP contribution in [0.25, 0.3) is 15.9 Å². The Morgan fingerprint density at radius 2 is 1.93 bits per heavy atom. The number of Topliss-reactive ketones (excluding diaryl/α,β-unsaturated/α-hetero) is 1. The minimum absolute atomic E-state index is 0.00110. The van der Waals surface area contributed by atoms with Gasteiger partial charge in [-0.3, -0.25) is 14.2 Å². The van der Waals surface area contributed by atoms with Gasteiger partial charge < -0.3 is 0 Å².